The highest BCUT2D eigenvalue weighted by atomic mass is 19.4. The Kier molecular flexibility index (Phi) is 9.11. The second-order valence-electron chi connectivity index (χ2n) is 12.1. The van der Waals surface area contributed by atoms with Gasteiger partial charge in [0.2, 0.25) is 5.41 Å². The van der Waals surface area contributed by atoms with Gasteiger partial charge < -0.3 is 4.90 Å². The van der Waals surface area contributed by atoms with Gasteiger partial charge in [-0.25, -0.2) is 9.97 Å². The van der Waals surface area contributed by atoms with Crippen molar-refractivity contribution in [3.05, 3.63) is 187 Å². The predicted molar refractivity (Wildman–Crippen MR) is 192 cm³/mol. The van der Waals surface area contributed by atoms with Crippen molar-refractivity contribution >= 4 is 17.1 Å². The first kappa shape index (κ1) is 34.2. The van der Waals surface area contributed by atoms with Gasteiger partial charge in [-0.3, -0.25) is 0 Å². The molecule has 0 amide bonds. The fourth-order valence-electron chi connectivity index (χ4n) is 6.40. The zero-order valence-corrected chi connectivity index (χ0v) is 27.4. The number of hydrogen-bond donors (Lipinski definition) is 0. The molecule has 0 saturated heterocycles. The Morgan fingerprint density at radius 3 is 1.13 bits per heavy atom. The van der Waals surface area contributed by atoms with Crippen LogP contribution in [0, 0.1) is 0 Å². The number of aromatic nitrogens is 2. The van der Waals surface area contributed by atoms with Gasteiger partial charge in [-0.15, -0.1) is 0 Å². The van der Waals surface area contributed by atoms with Crippen LogP contribution in [0.1, 0.15) is 11.1 Å². The lowest BCUT2D eigenvalue weighted by Gasteiger charge is -2.38. The van der Waals surface area contributed by atoms with E-state index in [1.807, 2.05) is 97.1 Å². The monoisotopic (exact) mass is 701 g/mol. The number of anilines is 3. The standard InChI is InChI=1S/C43H29F6N3/c44-42(45,46)41(43(47,48)49,34-25-27-37(28-26-34)52(35-17-9-3-10-18-35)36-19-11-4-12-20-36)33-23-21-31(22-24-33)39-29-38(30-13-5-1-6-14-30)50-40(51-39)32-15-7-2-8-16-32/h1-29H. The van der Waals surface area contributed by atoms with Crippen LogP contribution in [0.3, 0.4) is 0 Å². The van der Waals surface area contributed by atoms with Gasteiger partial charge in [0, 0.05) is 33.8 Å². The zero-order valence-electron chi connectivity index (χ0n) is 27.4. The molecule has 1 aromatic heterocycles. The van der Waals surface area contributed by atoms with Crippen LogP contribution < -0.4 is 4.90 Å². The van der Waals surface area contributed by atoms with E-state index < -0.39 is 28.9 Å². The van der Waals surface area contributed by atoms with Crippen molar-refractivity contribution in [3.8, 4) is 33.9 Å². The second-order valence-corrected chi connectivity index (χ2v) is 12.1. The van der Waals surface area contributed by atoms with Crippen molar-refractivity contribution in [3.63, 3.8) is 0 Å². The molecule has 0 radical (unpaired) electrons. The first-order valence-corrected chi connectivity index (χ1v) is 16.3. The molecule has 0 aliphatic rings. The molecule has 3 nitrogen and oxygen atoms in total. The Labute approximate surface area is 296 Å². The third-order valence-corrected chi connectivity index (χ3v) is 8.88. The van der Waals surface area contributed by atoms with Crippen LogP contribution in [-0.4, -0.2) is 22.3 Å². The summed E-state index contributed by atoms with van der Waals surface area (Å²) < 4.78 is 91.1. The lowest BCUT2D eigenvalue weighted by atomic mass is 9.72. The van der Waals surface area contributed by atoms with E-state index >= 15 is 26.3 Å². The summed E-state index contributed by atoms with van der Waals surface area (Å²) in [4.78, 5) is 11.1. The summed E-state index contributed by atoms with van der Waals surface area (Å²) in [5, 5.41) is 0. The number of alkyl halides is 6. The van der Waals surface area contributed by atoms with Gasteiger partial charge in [0.15, 0.2) is 5.82 Å². The third kappa shape index (κ3) is 6.41. The van der Waals surface area contributed by atoms with Crippen molar-refractivity contribution in [1.82, 2.24) is 9.97 Å². The number of nitrogens with zero attached hydrogens (tertiary/aromatic N) is 3. The highest BCUT2D eigenvalue weighted by molar-refractivity contribution is 5.77. The maximum Gasteiger partial charge on any atom is 0.411 e. The minimum Gasteiger partial charge on any atom is -0.311 e. The topological polar surface area (TPSA) is 29.0 Å². The highest BCUT2D eigenvalue weighted by Gasteiger charge is 2.72. The second kappa shape index (κ2) is 13.8. The molecule has 0 saturated carbocycles. The van der Waals surface area contributed by atoms with Crippen molar-refractivity contribution in [2.75, 3.05) is 4.90 Å². The Balaban J connectivity index is 1.33. The fourth-order valence-corrected chi connectivity index (χ4v) is 6.40. The normalized spacial score (nSPS) is 12.0. The van der Waals surface area contributed by atoms with Crippen LogP contribution in [0.2, 0.25) is 0 Å². The average Bonchev–Trinajstić information content (AvgIpc) is 3.16. The molecule has 0 N–H and O–H groups in total. The van der Waals surface area contributed by atoms with Gasteiger partial charge in [-0.1, -0.05) is 133 Å². The van der Waals surface area contributed by atoms with Crippen LogP contribution in [0.4, 0.5) is 43.4 Å². The maximum absolute atomic E-state index is 15.2. The SMILES string of the molecule is FC(F)(F)C(c1ccc(-c2cc(-c3ccccc3)nc(-c3ccccc3)n2)cc1)(c1ccc(N(c2ccccc2)c2ccccc2)cc1)C(F)(F)F. The Morgan fingerprint density at radius 1 is 0.365 bits per heavy atom. The molecule has 0 spiro atoms. The molecule has 52 heavy (non-hydrogen) atoms. The van der Waals surface area contributed by atoms with E-state index in [9.17, 15) is 0 Å². The van der Waals surface area contributed by atoms with Gasteiger partial charge in [-0.05, 0) is 53.6 Å². The number of benzene rings is 6. The van der Waals surface area contributed by atoms with Gasteiger partial charge in [-0.2, -0.15) is 26.3 Å². The van der Waals surface area contributed by atoms with Crippen molar-refractivity contribution < 1.29 is 26.3 Å². The van der Waals surface area contributed by atoms with E-state index in [-0.39, 0.29) is 0 Å². The number of para-hydroxylation sites is 2. The molecule has 9 heteroatoms. The summed E-state index contributed by atoms with van der Waals surface area (Å²) in [5.74, 6) is 0.362. The van der Waals surface area contributed by atoms with E-state index in [1.165, 1.54) is 24.3 Å². The first-order chi connectivity index (χ1) is 25.1. The molecule has 0 atom stereocenters. The van der Waals surface area contributed by atoms with Crippen molar-refractivity contribution in [1.29, 1.82) is 0 Å². The number of halogens is 6. The molecule has 6 aromatic carbocycles. The molecule has 0 fully saturated rings. The molecule has 0 aliphatic heterocycles. The van der Waals surface area contributed by atoms with Gasteiger partial charge in [0.25, 0.3) is 0 Å². The lowest BCUT2D eigenvalue weighted by Crippen LogP contribution is -2.54. The van der Waals surface area contributed by atoms with Crippen LogP contribution in [0.15, 0.2) is 176 Å². The summed E-state index contributed by atoms with van der Waals surface area (Å²) in [6.45, 7) is 0. The minimum absolute atomic E-state index is 0.329. The number of rotatable bonds is 8. The average molecular weight is 702 g/mol. The first-order valence-electron chi connectivity index (χ1n) is 16.3. The van der Waals surface area contributed by atoms with Gasteiger partial charge in [0.1, 0.15) is 0 Å². The largest absolute Gasteiger partial charge is 0.411 e. The summed E-state index contributed by atoms with van der Waals surface area (Å²) in [5.41, 5.74) is -1.78. The third-order valence-electron chi connectivity index (χ3n) is 8.88. The summed E-state index contributed by atoms with van der Waals surface area (Å²) in [7, 11) is 0. The Morgan fingerprint density at radius 2 is 0.712 bits per heavy atom. The molecule has 258 valence electrons. The molecule has 0 aliphatic carbocycles. The van der Waals surface area contributed by atoms with Crippen LogP contribution >= 0.6 is 0 Å². The molecule has 0 unspecified atom stereocenters. The van der Waals surface area contributed by atoms with Gasteiger partial charge >= 0.3 is 12.4 Å². The molecule has 0 bridgehead atoms. The van der Waals surface area contributed by atoms with Crippen molar-refractivity contribution in [2.24, 2.45) is 0 Å². The molecule has 7 rings (SSSR count). The smallest absolute Gasteiger partial charge is 0.311 e. The quantitative estimate of drug-likeness (QED) is 0.148. The van der Waals surface area contributed by atoms with E-state index in [0.717, 1.165) is 29.8 Å². The molecule has 7 aromatic rings. The molecule has 1 heterocycles. The maximum atomic E-state index is 15.2. The number of hydrogen-bond acceptors (Lipinski definition) is 3. The van der Waals surface area contributed by atoms with Crippen molar-refractivity contribution in [2.45, 2.75) is 17.8 Å². The van der Waals surface area contributed by atoms with E-state index in [4.69, 9.17) is 4.98 Å². The molecular weight excluding hydrogens is 672 g/mol. The van der Waals surface area contributed by atoms with Crippen LogP contribution in [0.25, 0.3) is 33.9 Å². The van der Waals surface area contributed by atoms with Gasteiger partial charge in [0.05, 0.1) is 11.4 Å². The summed E-state index contributed by atoms with van der Waals surface area (Å²) in [6, 6.07) is 46.8. The zero-order chi connectivity index (χ0) is 36.3. The van der Waals surface area contributed by atoms with E-state index in [1.54, 1.807) is 35.2 Å². The Bertz CT molecular complexity index is 2130. The summed E-state index contributed by atoms with van der Waals surface area (Å²) in [6.07, 6.45) is -11.5. The summed E-state index contributed by atoms with van der Waals surface area (Å²) >= 11 is 0. The predicted octanol–water partition coefficient (Wildman–Crippen LogP) is 12.4. The molecular formula is C43H29F6N3. The highest BCUT2D eigenvalue weighted by Crippen LogP contribution is 2.56. The van der Waals surface area contributed by atoms with E-state index in [0.29, 0.717) is 45.4 Å². The van der Waals surface area contributed by atoms with Crippen LogP contribution in [-0.2, 0) is 5.41 Å². The van der Waals surface area contributed by atoms with Crippen LogP contribution in [0.5, 0.6) is 0 Å². The fraction of sp³-hybridized carbons (Fsp3) is 0.0698. The Hall–Kier alpha value is -6.22. The lowest BCUT2D eigenvalue weighted by molar-refractivity contribution is -0.288. The minimum atomic E-state index is -5.75. The van der Waals surface area contributed by atoms with E-state index in [2.05, 4.69) is 4.98 Å².